The fourth-order valence-electron chi connectivity index (χ4n) is 2.98. The van der Waals surface area contributed by atoms with Crippen LogP contribution in [0.4, 0.5) is 0 Å². The Hall–Kier alpha value is -3.50. The van der Waals surface area contributed by atoms with Gasteiger partial charge in [0.2, 0.25) is 0 Å². The number of aryl methyl sites for hydroxylation is 1. The molecule has 4 nitrogen and oxygen atoms in total. The maximum Gasteiger partial charge on any atom is 0.177 e. The molecule has 0 unspecified atom stereocenters. The molecule has 0 amide bonds. The summed E-state index contributed by atoms with van der Waals surface area (Å²) in [6, 6.07) is 18.0. The number of hydrogen-bond donors (Lipinski definition) is 0. The molecular formula is C19H10N4. The average molecular weight is 294 g/mol. The Morgan fingerprint density at radius 2 is 1.30 bits per heavy atom. The molecule has 0 aliphatic carbocycles. The summed E-state index contributed by atoms with van der Waals surface area (Å²) in [5, 5.41) is 22.5. The number of nitriles is 2. The molecule has 0 atom stereocenters. The molecule has 0 aliphatic rings. The highest BCUT2D eigenvalue weighted by atomic mass is 14.8. The summed E-state index contributed by atoms with van der Waals surface area (Å²) >= 11 is 0. The summed E-state index contributed by atoms with van der Waals surface area (Å²) in [5.41, 5.74) is 2.61. The van der Waals surface area contributed by atoms with Crippen LogP contribution >= 0.6 is 0 Å². The molecule has 4 rings (SSSR count). The molecule has 4 aromatic rings. The van der Waals surface area contributed by atoms with Crippen molar-refractivity contribution >= 4 is 32.6 Å². The lowest BCUT2D eigenvalue weighted by Gasteiger charge is -2.10. The van der Waals surface area contributed by atoms with Crippen molar-refractivity contribution in [3.8, 4) is 12.1 Å². The lowest BCUT2D eigenvalue weighted by atomic mass is 9.98. The molecule has 0 aliphatic heterocycles. The molecule has 0 bridgehead atoms. The van der Waals surface area contributed by atoms with Crippen LogP contribution in [0, 0.1) is 29.6 Å². The standard InChI is InChI=1S/C19H10N4/c1-11-6-7-14-15(8-11)12-4-2-3-5-13(12)18-19(14)23-17(10-21)16(9-20)22-18/h2-8H,1H3. The van der Waals surface area contributed by atoms with Gasteiger partial charge in [-0.05, 0) is 17.7 Å². The van der Waals surface area contributed by atoms with Gasteiger partial charge in [-0.3, -0.25) is 0 Å². The van der Waals surface area contributed by atoms with E-state index in [-0.39, 0.29) is 11.4 Å². The first-order valence-electron chi connectivity index (χ1n) is 7.16. The van der Waals surface area contributed by atoms with Crippen molar-refractivity contribution in [1.29, 1.82) is 10.5 Å². The topological polar surface area (TPSA) is 73.4 Å². The Bertz CT molecular complexity index is 1190. The average Bonchev–Trinajstić information content (AvgIpc) is 2.60. The Morgan fingerprint density at radius 1 is 0.739 bits per heavy atom. The monoisotopic (exact) mass is 294 g/mol. The second-order valence-corrected chi connectivity index (χ2v) is 5.44. The van der Waals surface area contributed by atoms with Crippen LogP contribution in [0.2, 0.25) is 0 Å². The molecule has 1 heterocycles. The zero-order chi connectivity index (χ0) is 16.0. The van der Waals surface area contributed by atoms with Crippen LogP contribution in [0.15, 0.2) is 42.5 Å². The van der Waals surface area contributed by atoms with Crippen LogP contribution < -0.4 is 0 Å². The molecule has 0 fully saturated rings. The van der Waals surface area contributed by atoms with Crippen molar-refractivity contribution in [2.24, 2.45) is 0 Å². The molecule has 4 heteroatoms. The summed E-state index contributed by atoms with van der Waals surface area (Å²) in [6.45, 7) is 2.05. The Kier molecular flexibility index (Phi) is 2.73. The molecule has 0 radical (unpaired) electrons. The Labute approximate surface area is 132 Å². The first-order chi connectivity index (χ1) is 11.2. The predicted molar refractivity (Wildman–Crippen MR) is 88.7 cm³/mol. The largest absolute Gasteiger partial charge is 0.232 e. The van der Waals surface area contributed by atoms with Crippen molar-refractivity contribution < 1.29 is 0 Å². The maximum atomic E-state index is 9.23. The van der Waals surface area contributed by atoms with Gasteiger partial charge in [0, 0.05) is 10.8 Å². The molecule has 0 saturated heterocycles. The van der Waals surface area contributed by atoms with Crippen LogP contribution in [0.1, 0.15) is 17.0 Å². The van der Waals surface area contributed by atoms with E-state index in [1.807, 2.05) is 55.5 Å². The summed E-state index contributed by atoms with van der Waals surface area (Å²) < 4.78 is 0. The van der Waals surface area contributed by atoms with Crippen LogP contribution in [-0.4, -0.2) is 9.97 Å². The van der Waals surface area contributed by atoms with E-state index in [0.717, 1.165) is 27.1 Å². The quantitative estimate of drug-likeness (QED) is 0.460. The van der Waals surface area contributed by atoms with Crippen LogP contribution in [-0.2, 0) is 0 Å². The van der Waals surface area contributed by atoms with E-state index < -0.39 is 0 Å². The third-order valence-corrected chi connectivity index (χ3v) is 4.01. The minimum absolute atomic E-state index is 0.0663. The number of aromatic nitrogens is 2. The zero-order valence-electron chi connectivity index (χ0n) is 12.3. The zero-order valence-corrected chi connectivity index (χ0v) is 12.3. The van der Waals surface area contributed by atoms with E-state index in [0.29, 0.717) is 11.0 Å². The number of rotatable bonds is 0. The van der Waals surface area contributed by atoms with Crippen molar-refractivity contribution in [3.63, 3.8) is 0 Å². The van der Waals surface area contributed by atoms with Gasteiger partial charge in [0.1, 0.15) is 12.1 Å². The maximum absolute atomic E-state index is 9.23. The summed E-state index contributed by atoms with van der Waals surface area (Å²) in [4.78, 5) is 8.85. The van der Waals surface area contributed by atoms with E-state index in [9.17, 15) is 10.5 Å². The highest BCUT2D eigenvalue weighted by Crippen LogP contribution is 2.33. The summed E-state index contributed by atoms with van der Waals surface area (Å²) in [5.74, 6) is 0. The molecule has 1 aromatic heterocycles. The van der Waals surface area contributed by atoms with Gasteiger partial charge in [-0.15, -0.1) is 0 Å². The van der Waals surface area contributed by atoms with E-state index in [2.05, 4.69) is 16.0 Å². The highest BCUT2D eigenvalue weighted by Gasteiger charge is 2.14. The Morgan fingerprint density at radius 3 is 1.91 bits per heavy atom. The molecule has 0 N–H and O–H groups in total. The highest BCUT2D eigenvalue weighted by molar-refractivity contribution is 6.23. The van der Waals surface area contributed by atoms with Crippen molar-refractivity contribution in [2.45, 2.75) is 6.92 Å². The van der Waals surface area contributed by atoms with E-state index in [1.165, 1.54) is 0 Å². The second kappa shape index (κ2) is 4.76. The van der Waals surface area contributed by atoms with Crippen molar-refractivity contribution in [2.75, 3.05) is 0 Å². The van der Waals surface area contributed by atoms with Gasteiger partial charge in [-0.25, -0.2) is 9.97 Å². The number of benzene rings is 3. The normalized spacial score (nSPS) is 10.7. The molecule has 3 aromatic carbocycles. The van der Waals surface area contributed by atoms with Gasteiger partial charge in [0.25, 0.3) is 0 Å². The number of nitrogens with zero attached hydrogens (tertiary/aromatic N) is 4. The summed E-state index contributed by atoms with van der Waals surface area (Å²) in [6.07, 6.45) is 0. The third-order valence-electron chi connectivity index (χ3n) is 4.01. The first kappa shape index (κ1) is 13.2. The smallest absolute Gasteiger partial charge is 0.177 e. The fourth-order valence-corrected chi connectivity index (χ4v) is 2.98. The van der Waals surface area contributed by atoms with Gasteiger partial charge in [0.15, 0.2) is 11.4 Å². The SMILES string of the molecule is Cc1ccc2c(c1)c1ccccc1c1nc(C#N)c(C#N)nc21. The van der Waals surface area contributed by atoms with Crippen LogP contribution in [0.5, 0.6) is 0 Å². The van der Waals surface area contributed by atoms with E-state index in [1.54, 1.807) is 0 Å². The Balaban J connectivity index is 2.38. The van der Waals surface area contributed by atoms with Crippen molar-refractivity contribution in [3.05, 3.63) is 59.4 Å². The van der Waals surface area contributed by atoms with Crippen LogP contribution in [0.3, 0.4) is 0 Å². The lowest BCUT2D eigenvalue weighted by Crippen LogP contribution is -1.97. The second-order valence-electron chi connectivity index (χ2n) is 5.44. The van der Waals surface area contributed by atoms with E-state index in [4.69, 9.17) is 0 Å². The first-order valence-corrected chi connectivity index (χ1v) is 7.16. The number of hydrogen-bond acceptors (Lipinski definition) is 4. The molecule has 23 heavy (non-hydrogen) atoms. The van der Waals surface area contributed by atoms with Gasteiger partial charge in [0.05, 0.1) is 11.0 Å². The minimum Gasteiger partial charge on any atom is -0.232 e. The van der Waals surface area contributed by atoms with E-state index >= 15 is 0 Å². The summed E-state index contributed by atoms with van der Waals surface area (Å²) in [7, 11) is 0. The number of fused-ring (bicyclic) bond motifs is 6. The lowest BCUT2D eigenvalue weighted by molar-refractivity contribution is 1.21. The molecule has 106 valence electrons. The molecule has 0 saturated carbocycles. The van der Waals surface area contributed by atoms with Gasteiger partial charge < -0.3 is 0 Å². The molecular weight excluding hydrogens is 284 g/mol. The van der Waals surface area contributed by atoms with Gasteiger partial charge in [-0.2, -0.15) is 10.5 Å². The minimum atomic E-state index is 0.0663. The van der Waals surface area contributed by atoms with Gasteiger partial charge in [-0.1, -0.05) is 48.0 Å². The van der Waals surface area contributed by atoms with Crippen LogP contribution in [0.25, 0.3) is 32.6 Å². The van der Waals surface area contributed by atoms with Gasteiger partial charge >= 0.3 is 0 Å². The van der Waals surface area contributed by atoms with Crippen molar-refractivity contribution in [1.82, 2.24) is 9.97 Å². The fraction of sp³-hybridized carbons (Fsp3) is 0.0526. The third kappa shape index (κ3) is 1.83. The predicted octanol–water partition coefficient (Wildman–Crippen LogP) is 3.99. The molecule has 0 spiro atoms.